The minimum absolute atomic E-state index is 0.157. The molecule has 10 heteroatoms. The monoisotopic (exact) mass is 399 g/mol. The number of benzene rings is 1. The van der Waals surface area contributed by atoms with E-state index in [2.05, 4.69) is 15.5 Å². The van der Waals surface area contributed by atoms with Crippen LogP contribution in [0.15, 0.2) is 24.3 Å². The van der Waals surface area contributed by atoms with Crippen molar-refractivity contribution in [1.29, 1.82) is 0 Å². The van der Waals surface area contributed by atoms with E-state index in [0.717, 1.165) is 39.1 Å². The van der Waals surface area contributed by atoms with Crippen LogP contribution in [-0.2, 0) is 6.54 Å². The Balaban J connectivity index is 0.000000445. The first kappa shape index (κ1) is 22.7. The molecule has 0 bridgehead atoms. The predicted octanol–water partition coefficient (Wildman–Crippen LogP) is 2.67. The molecule has 0 radical (unpaired) electrons. The van der Waals surface area contributed by atoms with E-state index in [1.54, 1.807) is 0 Å². The van der Waals surface area contributed by atoms with E-state index in [4.69, 9.17) is 14.9 Å². The van der Waals surface area contributed by atoms with Crippen LogP contribution in [0.5, 0.6) is 5.75 Å². The summed E-state index contributed by atoms with van der Waals surface area (Å²) < 4.78 is 5.19. The number of ether oxygens (including phenoxy) is 1. The number of rotatable bonds is 5. The zero-order valence-corrected chi connectivity index (χ0v) is 16.0. The Morgan fingerprint density at radius 2 is 1.74 bits per heavy atom. The fourth-order valence-corrected chi connectivity index (χ4v) is 2.38. The van der Waals surface area contributed by atoms with E-state index < -0.39 is 10.6 Å². The normalized spacial score (nSPS) is 13.8. The summed E-state index contributed by atoms with van der Waals surface area (Å²) in [6.07, 6.45) is 0.514. The molecule has 2 rings (SSSR count). The van der Waals surface area contributed by atoms with Gasteiger partial charge < -0.3 is 25.6 Å². The van der Waals surface area contributed by atoms with Crippen LogP contribution in [0.25, 0.3) is 0 Å². The van der Waals surface area contributed by atoms with Crippen LogP contribution < -0.4 is 15.4 Å². The predicted molar refractivity (Wildman–Crippen MR) is 103 cm³/mol. The molecular formula is C17H25N3O6S. The van der Waals surface area contributed by atoms with Crippen molar-refractivity contribution in [3.05, 3.63) is 29.8 Å². The van der Waals surface area contributed by atoms with E-state index in [1.165, 1.54) is 5.56 Å². The van der Waals surface area contributed by atoms with Gasteiger partial charge in [-0.3, -0.25) is 4.90 Å². The first-order valence-corrected chi connectivity index (χ1v) is 9.33. The maximum absolute atomic E-state index is 11.4. The lowest BCUT2D eigenvalue weighted by Gasteiger charge is -2.27. The number of nitrogens with one attached hydrogen (secondary N) is 2. The number of thioether (sulfide) groups is 1. The summed E-state index contributed by atoms with van der Waals surface area (Å²) in [5, 5.41) is 18.6. The number of piperazine rings is 1. The largest absolute Gasteiger partial charge is 0.473 e. The van der Waals surface area contributed by atoms with Crippen LogP contribution >= 0.6 is 11.8 Å². The second-order valence-electron chi connectivity index (χ2n) is 5.62. The Labute approximate surface area is 162 Å². The summed E-state index contributed by atoms with van der Waals surface area (Å²) in [5.41, 5.74) is 1.24. The molecule has 1 amide bonds. The summed E-state index contributed by atoms with van der Waals surface area (Å²) in [6, 6.07) is 7.74. The van der Waals surface area contributed by atoms with E-state index in [0.29, 0.717) is 12.3 Å². The average Bonchev–Trinajstić information content (AvgIpc) is 2.62. The molecule has 150 valence electrons. The Kier molecular flexibility index (Phi) is 10.9. The van der Waals surface area contributed by atoms with Crippen molar-refractivity contribution in [2.75, 3.05) is 32.7 Å². The number of carboxylic acid groups (broad SMARTS) is 2. The number of nitrogens with zero attached hydrogens (tertiary/aromatic N) is 1. The summed E-state index contributed by atoms with van der Waals surface area (Å²) in [6.45, 7) is 7.86. The number of hydrogen-bond acceptors (Lipinski definition) is 7. The van der Waals surface area contributed by atoms with Gasteiger partial charge in [0.15, 0.2) is 0 Å². The zero-order valence-electron chi connectivity index (χ0n) is 15.1. The molecule has 0 saturated carbocycles. The molecule has 1 aromatic carbocycles. The summed E-state index contributed by atoms with van der Waals surface area (Å²) >= 11 is -0.157. The Morgan fingerprint density at radius 1 is 1.15 bits per heavy atom. The Bertz CT molecular complexity index is 593. The maximum atomic E-state index is 11.4. The number of amides is 1. The summed E-state index contributed by atoms with van der Waals surface area (Å²) in [4.78, 5) is 32.6. The fraction of sp³-hybridized carbons (Fsp3) is 0.471. The lowest BCUT2D eigenvalue weighted by molar-refractivity contribution is 0.200. The van der Waals surface area contributed by atoms with E-state index >= 15 is 0 Å². The van der Waals surface area contributed by atoms with Gasteiger partial charge in [0, 0.05) is 39.3 Å². The zero-order chi connectivity index (χ0) is 20.1. The molecule has 0 spiro atoms. The summed E-state index contributed by atoms with van der Waals surface area (Å²) in [5.74, 6) is 0.586. The molecule has 0 aliphatic carbocycles. The van der Waals surface area contributed by atoms with Gasteiger partial charge in [-0.25, -0.2) is 14.4 Å². The molecule has 9 nitrogen and oxygen atoms in total. The van der Waals surface area contributed by atoms with Crippen LogP contribution in [0.4, 0.5) is 14.4 Å². The van der Waals surface area contributed by atoms with Gasteiger partial charge in [-0.15, -0.1) is 0 Å². The quantitative estimate of drug-likeness (QED) is 0.590. The van der Waals surface area contributed by atoms with E-state index in [1.807, 2.05) is 31.2 Å². The molecule has 1 aromatic rings. The fourth-order valence-electron chi connectivity index (χ4n) is 2.24. The van der Waals surface area contributed by atoms with Gasteiger partial charge in [-0.2, -0.15) is 0 Å². The van der Waals surface area contributed by atoms with Gasteiger partial charge in [0.05, 0.1) is 11.8 Å². The first-order chi connectivity index (χ1) is 12.9. The average molecular weight is 399 g/mol. The second-order valence-corrected chi connectivity index (χ2v) is 6.52. The van der Waals surface area contributed by atoms with E-state index in [9.17, 15) is 14.4 Å². The number of carbonyl (C=O) groups is 3. The highest BCUT2D eigenvalue weighted by Gasteiger charge is 2.10. The maximum Gasteiger partial charge on any atom is 0.412 e. The molecule has 0 unspecified atom stereocenters. The lowest BCUT2D eigenvalue weighted by Crippen LogP contribution is -2.42. The van der Waals surface area contributed by atoms with Crippen LogP contribution in [0.1, 0.15) is 18.9 Å². The number of hydrogen-bond donors (Lipinski definition) is 4. The molecule has 4 N–H and O–H groups in total. The SMILES string of the molecule is CCCNC(=O)Oc1ccc(CN2CCNCC2)cc1.O=C(O)SC(=O)O. The van der Waals surface area contributed by atoms with Crippen LogP contribution in [0, 0.1) is 0 Å². The molecule has 1 saturated heterocycles. The van der Waals surface area contributed by atoms with Crippen molar-refractivity contribution in [1.82, 2.24) is 15.5 Å². The standard InChI is InChI=1S/C15H23N3O2.C2H2O4S/c1-2-7-17-15(19)20-14-5-3-13(4-6-14)12-18-10-8-16-9-11-18;3-1(4)7-2(5)6/h3-6,16H,2,7-12H2,1H3,(H,17,19);(H,3,4)(H,5,6). The number of carbonyl (C=O) groups excluding carboxylic acids is 1. The van der Waals surface area contributed by atoms with Crippen molar-refractivity contribution in [3.63, 3.8) is 0 Å². The van der Waals surface area contributed by atoms with Crippen molar-refractivity contribution in [2.24, 2.45) is 0 Å². The molecule has 1 fully saturated rings. The van der Waals surface area contributed by atoms with Gasteiger partial charge in [0.2, 0.25) is 0 Å². The second kappa shape index (κ2) is 13.0. The highest BCUT2D eigenvalue weighted by molar-refractivity contribution is 8.25. The molecule has 0 aromatic heterocycles. The highest BCUT2D eigenvalue weighted by Crippen LogP contribution is 2.14. The van der Waals surface area contributed by atoms with Crippen LogP contribution in [0.3, 0.4) is 0 Å². The van der Waals surface area contributed by atoms with Gasteiger partial charge in [-0.05, 0) is 24.1 Å². The topological polar surface area (TPSA) is 128 Å². The van der Waals surface area contributed by atoms with Crippen molar-refractivity contribution < 1.29 is 29.3 Å². The third kappa shape index (κ3) is 11.1. The lowest BCUT2D eigenvalue weighted by atomic mass is 10.2. The van der Waals surface area contributed by atoms with Gasteiger partial charge in [-0.1, -0.05) is 19.1 Å². The van der Waals surface area contributed by atoms with Crippen molar-refractivity contribution >= 4 is 28.5 Å². The molecular weight excluding hydrogens is 374 g/mol. The molecule has 27 heavy (non-hydrogen) atoms. The molecule has 1 aliphatic heterocycles. The molecule has 0 atom stereocenters. The third-order valence-electron chi connectivity index (χ3n) is 3.44. The van der Waals surface area contributed by atoms with Gasteiger partial charge >= 0.3 is 16.7 Å². The first-order valence-electron chi connectivity index (χ1n) is 8.52. The van der Waals surface area contributed by atoms with Crippen molar-refractivity contribution in [2.45, 2.75) is 19.9 Å². The minimum atomic E-state index is -1.40. The van der Waals surface area contributed by atoms with Crippen molar-refractivity contribution in [3.8, 4) is 5.75 Å². The third-order valence-corrected chi connectivity index (χ3v) is 3.79. The Morgan fingerprint density at radius 3 is 2.22 bits per heavy atom. The summed E-state index contributed by atoms with van der Waals surface area (Å²) in [7, 11) is 0. The highest BCUT2D eigenvalue weighted by atomic mass is 32.2. The minimum Gasteiger partial charge on any atom is -0.473 e. The van der Waals surface area contributed by atoms with Crippen LogP contribution in [0.2, 0.25) is 0 Å². The van der Waals surface area contributed by atoms with Gasteiger partial charge in [0.1, 0.15) is 5.75 Å². The molecule has 1 aliphatic rings. The van der Waals surface area contributed by atoms with E-state index in [-0.39, 0.29) is 17.9 Å². The van der Waals surface area contributed by atoms with Gasteiger partial charge in [0.25, 0.3) is 0 Å². The Hall–Kier alpha value is -2.30. The van der Waals surface area contributed by atoms with Crippen LogP contribution in [-0.4, -0.2) is 64.5 Å². The molecule has 1 heterocycles. The smallest absolute Gasteiger partial charge is 0.412 e.